The van der Waals surface area contributed by atoms with Crippen LogP contribution < -0.4 is 4.74 Å². The van der Waals surface area contributed by atoms with Crippen LogP contribution in [0.3, 0.4) is 0 Å². The molecular formula is C14H20O2S. The second-order valence-corrected chi connectivity index (χ2v) is 5.92. The van der Waals surface area contributed by atoms with Gasteiger partial charge in [-0.2, -0.15) is 11.8 Å². The average molecular weight is 252 g/mol. The molecule has 0 aliphatic carbocycles. The summed E-state index contributed by atoms with van der Waals surface area (Å²) in [5, 5.41) is 11.1. The molecule has 2 nitrogen and oxygen atoms in total. The smallest absolute Gasteiger partial charge is 0.125 e. The van der Waals surface area contributed by atoms with Crippen LogP contribution in [0.25, 0.3) is 0 Å². The van der Waals surface area contributed by atoms with Gasteiger partial charge < -0.3 is 9.84 Å². The van der Waals surface area contributed by atoms with E-state index in [-0.39, 0.29) is 5.25 Å². The van der Waals surface area contributed by atoms with Crippen LogP contribution in [0.15, 0.2) is 24.3 Å². The van der Waals surface area contributed by atoms with Crippen molar-refractivity contribution in [2.75, 3.05) is 12.4 Å². The van der Waals surface area contributed by atoms with Crippen molar-refractivity contribution in [3.8, 4) is 5.75 Å². The number of para-hydroxylation sites is 1. The van der Waals surface area contributed by atoms with Gasteiger partial charge in [-0.25, -0.2) is 0 Å². The van der Waals surface area contributed by atoms with Gasteiger partial charge in [-0.15, -0.1) is 0 Å². The Kier molecular flexibility index (Phi) is 4.00. The third-order valence-corrected chi connectivity index (χ3v) is 4.81. The van der Waals surface area contributed by atoms with Gasteiger partial charge in [0.15, 0.2) is 0 Å². The molecule has 1 aromatic rings. The monoisotopic (exact) mass is 252 g/mol. The fraction of sp³-hybridized carbons (Fsp3) is 0.571. The Balaban J connectivity index is 2.37. The van der Waals surface area contributed by atoms with Crippen molar-refractivity contribution in [2.24, 2.45) is 0 Å². The summed E-state index contributed by atoms with van der Waals surface area (Å²) in [6.07, 6.45) is 1.89. The van der Waals surface area contributed by atoms with E-state index in [1.165, 1.54) is 0 Å². The van der Waals surface area contributed by atoms with Gasteiger partial charge in [0.1, 0.15) is 11.4 Å². The minimum Gasteiger partial charge on any atom is -0.493 e. The maximum absolute atomic E-state index is 10.9. The van der Waals surface area contributed by atoms with Crippen LogP contribution in [0.4, 0.5) is 0 Å². The molecule has 94 valence electrons. The molecule has 17 heavy (non-hydrogen) atoms. The zero-order chi connectivity index (χ0) is 12.3. The maximum atomic E-state index is 10.9. The first-order valence-corrected chi connectivity index (χ1v) is 7.29. The van der Waals surface area contributed by atoms with Gasteiger partial charge in [-0.3, -0.25) is 0 Å². The number of hydrogen-bond acceptors (Lipinski definition) is 3. The summed E-state index contributed by atoms with van der Waals surface area (Å²) in [5.41, 5.74) is 0.204. The highest BCUT2D eigenvalue weighted by atomic mass is 32.2. The summed E-state index contributed by atoms with van der Waals surface area (Å²) in [6.45, 7) is 4.71. The molecule has 3 heteroatoms. The average Bonchev–Trinajstić information content (AvgIpc) is 2.34. The minimum absolute atomic E-state index is 0.220. The van der Waals surface area contributed by atoms with Crippen LogP contribution in [0.5, 0.6) is 5.75 Å². The Morgan fingerprint density at radius 1 is 1.47 bits per heavy atom. The van der Waals surface area contributed by atoms with Crippen LogP contribution in [0.1, 0.15) is 32.3 Å². The molecule has 2 unspecified atom stereocenters. The summed E-state index contributed by atoms with van der Waals surface area (Å²) in [7, 11) is 0. The van der Waals surface area contributed by atoms with Crippen molar-refractivity contribution in [1.29, 1.82) is 0 Å². The summed E-state index contributed by atoms with van der Waals surface area (Å²) >= 11 is 1.84. The quantitative estimate of drug-likeness (QED) is 0.896. The molecule has 1 aliphatic heterocycles. The zero-order valence-corrected chi connectivity index (χ0v) is 11.3. The SMILES string of the molecule is CCOc1ccccc1C1(O)CCCSC1C. The van der Waals surface area contributed by atoms with Crippen molar-refractivity contribution in [1.82, 2.24) is 0 Å². The van der Waals surface area contributed by atoms with Crippen molar-refractivity contribution in [3.63, 3.8) is 0 Å². The van der Waals surface area contributed by atoms with Gasteiger partial charge in [-0.05, 0) is 31.6 Å². The second-order valence-electron chi connectivity index (χ2n) is 4.47. The molecule has 0 bridgehead atoms. The van der Waals surface area contributed by atoms with E-state index in [4.69, 9.17) is 4.74 Å². The third-order valence-electron chi connectivity index (χ3n) is 3.40. The molecule has 0 saturated carbocycles. The summed E-state index contributed by atoms with van der Waals surface area (Å²) in [4.78, 5) is 0. The Morgan fingerprint density at radius 3 is 2.94 bits per heavy atom. The fourth-order valence-electron chi connectivity index (χ4n) is 2.40. The summed E-state index contributed by atoms with van der Waals surface area (Å²) in [5.74, 6) is 1.96. The largest absolute Gasteiger partial charge is 0.493 e. The lowest BCUT2D eigenvalue weighted by atomic mass is 9.85. The van der Waals surface area contributed by atoms with E-state index in [0.29, 0.717) is 6.61 Å². The van der Waals surface area contributed by atoms with Crippen molar-refractivity contribution >= 4 is 11.8 Å². The van der Waals surface area contributed by atoms with E-state index in [1.807, 2.05) is 43.0 Å². The van der Waals surface area contributed by atoms with Crippen LogP contribution in [-0.4, -0.2) is 22.7 Å². The Hall–Kier alpha value is -0.670. The first-order chi connectivity index (χ1) is 8.18. The zero-order valence-electron chi connectivity index (χ0n) is 10.5. The van der Waals surface area contributed by atoms with Crippen molar-refractivity contribution in [2.45, 2.75) is 37.5 Å². The van der Waals surface area contributed by atoms with Gasteiger partial charge in [0.2, 0.25) is 0 Å². The standard InChI is InChI=1S/C14H20O2S/c1-3-16-13-8-5-4-7-12(13)14(15)9-6-10-17-11(14)2/h4-5,7-8,11,15H,3,6,9-10H2,1-2H3. The Bertz CT molecular complexity index is 380. The highest BCUT2D eigenvalue weighted by Crippen LogP contribution is 2.44. The van der Waals surface area contributed by atoms with Gasteiger partial charge in [-0.1, -0.05) is 25.1 Å². The van der Waals surface area contributed by atoms with Gasteiger partial charge in [0.25, 0.3) is 0 Å². The lowest BCUT2D eigenvalue weighted by molar-refractivity contribution is 0.0227. The lowest BCUT2D eigenvalue weighted by Gasteiger charge is -2.38. The Morgan fingerprint density at radius 2 is 2.24 bits per heavy atom. The second kappa shape index (κ2) is 5.32. The molecule has 1 aliphatic rings. The molecule has 1 aromatic carbocycles. The van der Waals surface area contributed by atoms with Crippen LogP contribution in [0.2, 0.25) is 0 Å². The molecule has 0 radical (unpaired) electrons. The van der Waals surface area contributed by atoms with E-state index in [0.717, 1.165) is 29.9 Å². The number of hydrogen-bond donors (Lipinski definition) is 1. The van der Waals surface area contributed by atoms with E-state index in [1.54, 1.807) is 0 Å². The highest BCUT2D eigenvalue weighted by Gasteiger charge is 2.40. The first-order valence-electron chi connectivity index (χ1n) is 6.24. The number of aliphatic hydroxyl groups is 1. The number of benzene rings is 1. The van der Waals surface area contributed by atoms with E-state index >= 15 is 0 Å². The van der Waals surface area contributed by atoms with E-state index < -0.39 is 5.60 Å². The topological polar surface area (TPSA) is 29.5 Å². The van der Waals surface area contributed by atoms with Crippen molar-refractivity contribution in [3.05, 3.63) is 29.8 Å². The van der Waals surface area contributed by atoms with E-state index in [2.05, 4.69) is 6.92 Å². The molecule has 1 N–H and O–H groups in total. The van der Waals surface area contributed by atoms with E-state index in [9.17, 15) is 5.11 Å². The van der Waals surface area contributed by atoms with Crippen molar-refractivity contribution < 1.29 is 9.84 Å². The predicted octanol–water partition coefficient (Wildman–Crippen LogP) is 3.19. The molecule has 2 rings (SSSR count). The molecule has 0 amide bonds. The fourth-order valence-corrected chi connectivity index (χ4v) is 3.59. The maximum Gasteiger partial charge on any atom is 0.125 e. The highest BCUT2D eigenvalue weighted by molar-refractivity contribution is 8.00. The first kappa shape index (κ1) is 12.8. The molecular weight excluding hydrogens is 232 g/mol. The molecule has 0 aromatic heterocycles. The molecule has 1 heterocycles. The third kappa shape index (κ3) is 2.45. The van der Waals surface area contributed by atoms with Crippen LogP contribution >= 0.6 is 11.8 Å². The normalized spacial score (nSPS) is 29.0. The molecule has 1 saturated heterocycles. The van der Waals surface area contributed by atoms with Gasteiger partial charge >= 0.3 is 0 Å². The minimum atomic E-state index is -0.741. The number of rotatable bonds is 3. The predicted molar refractivity (Wildman–Crippen MR) is 72.7 cm³/mol. The molecule has 2 atom stereocenters. The molecule has 1 fully saturated rings. The van der Waals surface area contributed by atoms with Gasteiger partial charge in [0.05, 0.1) is 6.61 Å². The number of thioether (sulfide) groups is 1. The Labute approximate surface area is 107 Å². The number of ether oxygens (including phenoxy) is 1. The lowest BCUT2D eigenvalue weighted by Crippen LogP contribution is -2.39. The van der Waals surface area contributed by atoms with Gasteiger partial charge in [0, 0.05) is 10.8 Å². The summed E-state index contributed by atoms with van der Waals surface area (Å²) < 4.78 is 5.63. The van der Waals surface area contributed by atoms with Crippen LogP contribution in [-0.2, 0) is 5.60 Å². The summed E-state index contributed by atoms with van der Waals surface area (Å²) in [6, 6.07) is 7.87. The van der Waals surface area contributed by atoms with Crippen LogP contribution in [0, 0.1) is 0 Å². The molecule has 0 spiro atoms.